The fraction of sp³-hybridized carbons (Fsp3) is 0.520. The molecule has 1 aromatic heterocycles. The summed E-state index contributed by atoms with van der Waals surface area (Å²) in [5.74, 6) is 2.03. The summed E-state index contributed by atoms with van der Waals surface area (Å²) in [5, 5.41) is 14.3. The molecule has 0 unspecified atom stereocenters. The van der Waals surface area contributed by atoms with Crippen LogP contribution in [-0.4, -0.2) is 63.4 Å². The van der Waals surface area contributed by atoms with E-state index in [2.05, 4.69) is 27.2 Å². The molecule has 4 aliphatic rings. The van der Waals surface area contributed by atoms with E-state index in [1.165, 1.54) is 16.8 Å². The number of aryl methyl sites for hydroxylation is 1. The number of nitrogens with one attached hydrogen (secondary N) is 1. The van der Waals surface area contributed by atoms with Crippen LogP contribution in [0.2, 0.25) is 5.02 Å². The standard InChI is InChI=1S/C25H30ClN5O2S/c26-19-5-7-20(8-6-19)30-12-17-14-31(15-18(17)13-30)24-27-21-4-1-2-11-34(33)22(21)23(28-24)29-25(16-32)9-3-10-25/h5-8,32H,1-4,9-16H2,(H,27,28,29)/t34-/m0/s1. The summed E-state index contributed by atoms with van der Waals surface area (Å²) in [5.41, 5.74) is 4.61. The Balaban J connectivity index is 1.25. The lowest BCUT2D eigenvalue weighted by Gasteiger charge is -2.42. The zero-order valence-corrected chi connectivity index (χ0v) is 20.8. The average molecular weight is 500 g/mol. The Morgan fingerprint density at radius 3 is 2.35 bits per heavy atom. The van der Waals surface area contributed by atoms with E-state index in [4.69, 9.17) is 21.6 Å². The molecule has 2 N–H and O–H groups in total. The Bertz CT molecular complexity index is 1140. The lowest BCUT2D eigenvalue weighted by atomic mass is 9.77. The Morgan fingerprint density at radius 1 is 1.00 bits per heavy atom. The van der Waals surface area contributed by atoms with Crippen molar-refractivity contribution < 1.29 is 9.32 Å². The first-order valence-electron chi connectivity index (χ1n) is 12.2. The molecule has 1 atom stereocenters. The lowest BCUT2D eigenvalue weighted by Crippen LogP contribution is -2.49. The van der Waals surface area contributed by atoms with Gasteiger partial charge in [-0.15, -0.1) is 0 Å². The molecule has 1 aromatic carbocycles. The molecule has 0 bridgehead atoms. The number of halogens is 1. The predicted molar refractivity (Wildman–Crippen MR) is 136 cm³/mol. The Morgan fingerprint density at radius 2 is 1.71 bits per heavy atom. The third-order valence-electron chi connectivity index (χ3n) is 7.64. The van der Waals surface area contributed by atoms with Gasteiger partial charge in [0.2, 0.25) is 5.95 Å². The van der Waals surface area contributed by atoms with Crippen molar-refractivity contribution in [2.24, 2.45) is 0 Å². The van der Waals surface area contributed by atoms with Gasteiger partial charge in [-0.1, -0.05) is 11.6 Å². The normalized spacial score (nSPS) is 23.4. The van der Waals surface area contributed by atoms with E-state index in [-0.39, 0.29) is 12.1 Å². The topological polar surface area (TPSA) is 81.6 Å². The molecular formula is C25H30ClN5O2S. The number of anilines is 3. The summed E-state index contributed by atoms with van der Waals surface area (Å²) in [7, 11) is -1.11. The third kappa shape index (κ3) is 3.99. The summed E-state index contributed by atoms with van der Waals surface area (Å²) in [6, 6.07) is 8.03. The highest BCUT2D eigenvalue weighted by molar-refractivity contribution is 7.85. The summed E-state index contributed by atoms with van der Waals surface area (Å²) >= 11 is 6.06. The lowest BCUT2D eigenvalue weighted by molar-refractivity contribution is 0.143. The van der Waals surface area contributed by atoms with E-state index in [1.54, 1.807) is 0 Å². The maximum atomic E-state index is 13.1. The number of hydrogen-bond donors (Lipinski definition) is 2. The van der Waals surface area contributed by atoms with Crippen LogP contribution < -0.4 is 15.1 Å². The fourth-order valence-corrected chi connectivity index (χ4v) is 7.00. The average Bonchev–Trinajstić information content (AvgIpc) is 3.33. The van der Waals surface area contributed by atoms with Crippen molar-refractivity contribution in [3.8, 4) is 0 Å². The molecule has 7 nitrogen and oxygen atoms in total. The minimum atomic E-state index is -1.11. The quantitative estimate of drug-likeness (QED) is 0.609. The second kappa shape index (κ2) is 8.81. The monoisotopic (exact) mass is 499 g/mol. The van der Waals surface area contributed by atoms with Crippen LogP contribution in [0.4, 0.5) is 17.5 Å². The highest BCUT2D eigenvalue weighted by atomic mass is 35.5. The van der Waals surface area contributed by atoms with E-state index in [1.807, 2.05) is 12.1 Å². The van der Waals surface area contributed by atoms with Gasteiger partial charge in [-0.3, -0.25) is 4.21 Å². The van der Waals surface area contributed by atoms with Crippen molar-refractivity contribution in [1.82, 2.24) is 9.97 Å². The number of nitrogens with zero attached hydrogens (tertiary/aromatic N) is 4. The van der Waals surface area contributed by atoms with E-state index in [0.717, 1.165) is 80.3 Å². The molecule has 0 saturated heterocycles. The molecule has 6 rings (SSSR count). The molecule has 1 saturated carbocycles. The van der Waals surface area contributed by atoms with Crippen molar-refractivity contribution in [1.29, 1.82) is 0 Å². The first-order valence-corrected chi connectivity index (χ1v) is 13.9. The zero-order valence-electron chi connectivity index (χ0n) is 19.2. The minimum absolute atomic E-state index is 0.0633. The van der Waals surface area contributed by atoms with Gasteiger partial charge in [0.25, 0.3) is 0 Å². The molecule has 1 fully saturated rings. The smallest absolute Gasteiger partial charge is 0.228 e. The summed E-state index contributed by atoms with van der Waals surface area (Å²) < 4.78 is 13.1. The van der Waals surface area contributed by atoms with E-state index < -0.39 is 10.8 Å². The molecule has 0 amide bonds. The maximum Gasteiger partial charge on any atom is 0.228 e. The van der Waals surface area contributed by atoms with E-state index in [0.29, 0.717) is 17.5 Å². The molecule has 1 aliphatic carbocycles. The van der Waals surface area contributed by atoms with Crippen molar-refractivity contribution >= 4 is 39.9 Å². The number of fused-ring (bicyclic) bond motifs is 1. The molecular weight excluding hydrogens is 470 g/mol. The number of aliphatic hydroxyl groups excluding tert-OH is 1. The molecule has 0 radical (unpaired) electrons. The van der Waals surface area contributed by atoms with Crippen LogP contribution in [0.15, 0.2) is 40.3 Å². The first kappa shape index (κ1) is 22.3. The number of hydrogen-bond acceptors (Lipinski definition) is 7. The first-order chi connectivity index (χ1) is 16.5. The van der Waals surface area contributed by atoms with Gasteiger partial charge in [0.15, 0.2) is 0 Å². The SMILES string of the molecule is O=[S@]1CCCCc2nc(N3CC4=C(CN(c5ccc(Cl)cc5)C4)C3)nc(NC3(CO)CCC3)c21. The molecule has 0 spiro atoms. The largest absolute Gasteiger partial charge is 0.394 e. The minimum Gasteiger partial charge on any atom is -0.394 e. The number of benzene rings is 1. The summed E-state index contributed by atoms with van der Waals surface area (Å²) in [6.45, 7) is 3.49. The van der Waals surface area contributed by atoms with Gasteiger partial charge in [-0.05, 0) is 73.9 Å². The van der Waals surface area contributed by atoms with Gasteiger partial charge in [0.1, 0.15) is 10.7 Å². The van der Waals surface area contributed by atoms with Gasteiger partial charge in [0, 0.05) is 42.6 Å². The van der Waals surface area contributed by atoms with Crippen LogP contribution >= 0.6 is 11.6 Å². The van der Waals surface area contributed by atoms with Gasteiger partial charge in [0.05, 0.1) is 28.6 Å². The van der Waals surface area contributed by atoms with Gasteiger partial charge in [-0.25, -0.2) is 4.98 Å². The van der Waals surface area contributed by atoms with E-state index >= 15 is 0 Å². The second-order valence-corrected chi connectivity index (χ2v) is 11.9. The predicted octanol–water partition coefficient (Wildman–Crippen LogP) is 3.54. The Kier molecular flexibility index (Phi) is 5.78. The van der Waals surface area contributed by atoms with Gasteiger partial charge >= 0.3 is 0 Å². The van der Waals surface area contributed by atoms with Crippen LogP contribution in [-0.2, 0) is 17.2 Å². The highest BCUT2D eigenvalue weighted by Crippen LogP contribution is 2.39. The van der Waals surface area contributed by atoms with Crippen molar-refractivity contribution in [3.63, 3.8) is 0 Å². The number of rotatable bonds is 5. The summed E-state index contributed by atoms with van der Waals surface area (Å²) in [4.78, 5) is 15.3. The molecule has 2 aromatic rings. The van der Waals surface area contributed by atoms with Gasteiger partial charge < -0.3 is 20.2 Å². The number of aliphatic hydroxyl groups is 1. The molecule has 4 heterocycles. The fourth-order valence-electron chi connectivity index (χ4n) is 5.48. The van der Waals surface area contributed by atoms with Gasteiger partial charge in [-0.2, -0.15) is 4.98 Å². The van der Waals surface area contributed by atoms with E-state index in [9.17, 15) is 9.32 Å². The summed E-state index contributed by atoms with van der Waals surface area (Å²) in [6.07, 6.45) is 5.65. The molecule has 9 heteroatoms. The van der Waals surface area contributed by atoms with Crippen molar-refractivity contribution in [2.75, 3.05) is 53.7 Å². The Hall–Kier alpha value is -2.16. The van der Waals surface area contributed by atoms with Crippen LogP contribution in [0.5, 0.6) is 0 Å². The van der Waals surface area contributed by atoms with Crippen molar-refractivity contribution in [3.05, 3.63) is 46.1 Å². The van der Waals surface area contributed by atoms with Crippen molar-refractivity contribution in [2.45, 2.75) is 49.0 Å². The molecule has 180 valence electrons. The second-order valence-electron chi connectivity index (χ2n) is 9.97. The molecule has 34 heavy (non-hydrogen) atoms. The van der Waals surface area contributed by atoms with Crippen LogP contribution in [0, 0.1) is 0 Å². The van der Waals surface area contributed by atoms with Crippen LogP contribution in [0.3, 0.4) is 0 Å². The molecule has 3 aliphatic heterocycles. The van der Waals surface area contributed by atoms with Crippen LogP contribution in [0.25, 0.3) is 0 Å². The third-order valence-corrected chi connectivity index (χ3v) is 9.44. The van der Waals surface area contributed by atoms with Crippen LogP contribution in [0.1, 0.15) is 37.8 Å². The number of aromatic nitrogens is 2. The zero-order chi connectivity index (χ0) is 23.3. The Labute approximate surface area is 207 Å². The maximum absolute atomic E-state index is 13.1. The highest BCUT2D eigenvalue weighted by Gasteiger charge is 2.39.